The van der Waals surface area contributed by atoms with Crippen LogP contribution in [0, 0.1) is 5.41 Å². The first kappa shape index (κ1) is 16.7. The molecule has 0 saturated carbocycles. The lowest BCUT2D eigenvalue weighted by molar-refractivity contribution is -0.144. The highest BCUT2D eigenvalue weighted by atomic mass is 16.6. The van der Waals surface area contributed by atoms with E-state index in [-0.39, 0.29) is 0 Å². The quantitative estimate of drug-likeness (QED) is 0.713. The summed E-state index contributed by atoms with van der Waals surface area (Å²) in [7, 11) is 0. The van der Waals surface area contributed by atoms with Gasteiger partial charge in [-0.05, 0) is 26.2 Å². The molecule has 0 aromatic carbocycles. The third kappa shape index (κ3) is 5.86. The van der Waals surface area contributed by atoms with E-state index in [1.807, 2.05) is 0 Å². The lowest BCUT2D eigenvalue weighted by atomic mass is 9.84. The van der Waals surface area contributed by atoms with Gasteiger partial charge in [-0.3, -0.25) is 0 Å². The van der Waals surface area contributed by atoms with Gasteiger partial charge in [-0.25, -0.2) is 9.59 Å². The molecule has 0 unspecified atom stereocenters. The highest BCUT2D eigenvalue weighted by Gasteiger charge is 2.37. The zero-order valence-corrected chi connectivity index (χ0v) is 11.8. The number of aliphatic hydroxyl groups is 1. The minimum absolute atomic E-state index is 0.669. The number of carboxylic acid groups (broad SMARTS) is 1. The molecule has 0 bridgehead atoms. The third-order valence-corrected chi connectivity index (χ3v) is 2.14. The Morgan fingerprint density at radius 1 is 1.11 bits per heavy atom. The predicted octanol–water partition coefficient (Wildman–Crippen LogP) is 1.37. The predicted molar refractivity (Wildman–Crippen MR) is 66.3 cm³/mol. The lowest BCUT2D eigenvalue weighted by Gasteiger charge is -2.31. The van der Waals surface area contributed by atoms with Crippen molar-refractivity contribution in [3.05, 3.63) is 0 Å². The molecule has 0 aromatic rings. The van der Waals surface area contributed by atoms with Gasteiger partial charge in [-0.2, -0.15) is 0 Å². The summed E-state index contributed by atoms with van der Waals surface area (Å²) in [6.45, 7) is 10.1. The Hall–Kier alpha value is -1.30. The topological polar surface area (TPSA) is 95.9 Å². The first-order chi connectivity index (χ1) is 7.84. The van der Waals surface area contributed by atoms with Gasteiger partial charge in [-0.1, -0.05) is 20.8 Å². The summed E-state index contributed by atoms with van der Waals surface area (Å²) >= 11 is 0. The van der Waals surface area contributed by atoms with Crippen LogP contribution in [0.1, 0.15) is 41.5 Å². The second kappa shape index (κ2) is 5.56. The van der Waals surface area contributed by atoms with E-state index in [1.54, 1.807) is 41.5 Å². The van der Waals surface area contributed by atoms with Crippen LogP contribution in [-0.2, 0) is 9.53 Å². The maximum atomic E-state index is 11.5. The molecule has 6 nitrogen and oxygen atoms in total. The highest BCUT2D eigenvalue weighted by Crippen LogP contribution is 2.22. The Labute approximate surface area is 107 Å². The molecule has 0 aliphatic carbocycles. The van der Waals surface area contributed by atoms with Gasteiger partial charge in [0, 0.05) is 0 Å². The summed E-state index contributed by atoms with van der Waals surface area (Å²) in [5.74, 6) is -1.30. The Bertz CT molecular complexity index is 313. The van der Waals surface area contributed by atoms with E-state index in [0.29, 0.717) is 0 Å². The Morgan fingerprint density at radius 2 is 1.56 bits per heavy atom. The van der Waals surface area contributed by atoms with Crippen LogP contribution in [0.4, 0.5) is 4.79 Å². The van der Waals surface area contributed by atoms with E-state index in [4.69, 9.17) is 9.84 Å². The molecule has 0 aliphatic heterocycles. The van der Waals surface area contributed by atoms with E-state index in [2.05, 4.69) is 5.32 Å². The second-order valence-corrected chi connectivity index (χ2v) is 6.27. The third-order valence-electron chi connectivity index (χ3n) is 2.14. The molecule has 0 spiro atoms. The minimum Gasteiger partial charge on any atom is -0.480 e. The van der Waals surface area contributed by atoms with Gasteiger partial charge >= 0.3 is 12.1 Å². The molecule has 18 heavy (non-hydrogen) atoms. The van der Waals surface area contributed by atoms with E-state index in [9.17, 15) is 14.7 Å². The van der Waals surface area contributed by atoms with Gasteiger partial charge < -0.3 is 20.3 Å². The number of hydrogen-bond donors (Lipinski definition) is 3. The molecule has 0 aromatic heterocycles. The van der Waals surface area contributed by atoms with Crippen LogP contribution in [0.15, 0.2) is 0 Å². The van der Waals surface area contributed by atoms with Crippen molar-refractivity contribution in [3.63, 3.8) is 0 Å². The fraction of sp³-hybridized carbons (Fsp3) is 0.833. The number of hydrogen-bond acceptors (Lipinski definition) is 4. The standard InChI is InChI=1S/C12H23NO5/c1-11(2,3)8(14)7(9(15)16)13-10(17)18-12(4,5)6/h7-8,14H,1-6H3,(H,13,17)(H,15,16)/t7-,8-/m0/s1. The number of rotatable bonds is 3. The van der Waals surface area contributed by atoms with Gasteiger partial charge in [-0.15, -0.1) is 0 Å². The molecule has 106 valence electrons. The van der Waals surface area contributed by atoms with Gasteiger partial charge in [0.1, 0.15) is 5.60 Å². The molecular weight excluding hydrogens is 238 g/mol. The number of aliphatic carboxylic acids is 1. The summed E-state index contributed by atoms with van der Waals surface area (Å²) in [6.07, 6.45) is -2.08. The Morgan fingerprint density at radius 3 is 1.83 bits per heavy atom. The number of carboxylic acids is 1. The number of alkyl carbamates (subject to hydrolysis) is 1. The van der Waals surface area contributed by atoms with Crippen molar-refractivity contribution in [1.82, 2.24) is 5.32 Å². The monoisotopic (exact) mass is 261 g/mol. The zero-order chi connectivity index (χ0) is 14.7. The molecule has 3 N–H and O–H groups in total. The number of nitrogens with one attached hydrogen (secondary N) is 1. The van der Waals surface area contributed by atoms with E-state index in [1.165, 1.54) is 0 Å². The zero-order valence-electron chi connectivity index (χ0n) is 11.8. The van der Waals surface area contributed by atoms with Gasteiger partial charge in [0.15, 0.2) is 6.04 Å². The average molecular weight is 261 g/mol. The summed E-state index contributed by atoms with van der Waals surface area (Å²) in [5, 5.41) is 21.1. The molecule has 0 heterocycles. The van der Waals surface area contributed by atoms with Crippen LogP contribution < -0.4 is 5.32 Å². The van der Waals surface area contributed by atoms with Crippen LogP contribution in [0.3, 0.4) is 0 Å². The molecule has 0 saturated heterocycles. The maximum Gasteiger partial charge on any atom is 0.408 e. The van der Waals surface area contributed by atoms with Crippen LogP contribution in [0.25, 0.3) is 0 Å². The molecule has 0 radical (unpaired) electrons. The van der Waals surface area contributed by atoms with Crippen molar-refractivity contribution in [2.45, 2.75) is 59.3 Å². The maximum absolute atomic E-state index is 11.5. The minimum atomic E-state index is -1.40. The average Bonchev–Trinajstić information content (AvgIpc) is 2.08. The first-order valence-electron chi connectivity index (χ1n) is 5.75. The molecule has 0 rings (SSSR count). The summed E-state index contributed by atoms with van der Waals surface area (Å²) in [5.41, 5.74) is -1.39. The van der Waals surface area contributed by atoms with E-state index >= 15 is 0 Å². The number of ether oxygens (including phenoxy) is 1. The van der Waals surface area contributed by atoms with Crippen molar-refractivity contribution in [3.8, 4) is 0 Å². The normalized spacial score (nSPS) is 15.7. The molecular formula is C12H23NO5. The van der Waals surface area contributed by atoms with Crippen molar-refractivity contribution in [2.75, 3.05) is 0 Å². The smallest absolute Gasteiger partial charge is 0.408 e. The number of aliphatic hydroxyl groups excluding tert-OH is 1. The fourth-order valence-electron chi connectivity index (χ4n) is 1.21. The highest BCUT2D eigenvalue weighted by molar-refractivity contribution is 5.80. The summed E-state index contributed by atoms with van der Waals surface area (Å²) in [4.78, 5) is 22.6. The SMILES string of the molecule is CC(C)(C)OC(=O)N[C@H](C(=O)O)[C@H](O)C(C)(C)C. The van der Waals surface area contributed by atoms with Crippen LogP contribution >= 0.6 is 0 Å². The Kier molecular flexibility index (Phi) is 5.16. The number of amides is 1. The van der Waals surface area contributed by atoms with Crippen LogP contribution in [0.5, 0.6) is 0 Å². The first-order valence-corrected chi connectivity index (χ1v) is 5.75. The molecule has 6 heteroatoms. The second-order valence-electron chi connectivity index (χ2n) is 6.27. The number of carbonyl (C=O) groups excluding carboxylic acids is 1. The van der Waals surface area contributed by atoms with E-state index in [0.717, 1.165) is 0 Å². The lowest BCUT2D eigenvalue weighted by Crippen LogP contribution is -2.54. The Balaban J connectivity index is 4.76. The molecule has 0 fully saturated rings. The van der Waals surface area contributed by atoms with Gasteiger partial charge in [0.2, 0.25) is 0 Å². The molecule has 0 aliphatic rings. The van der Waals surface area contributed by atoms with Crippen LogP contribution in [-0.4, -0.2) is 40.0 Å². The van der Waals surface area contributed by atoms with Crippen LogP contribution in [0.2, 0.25) is 0 Å². The van der Waals surface area contributed by atoms with Crippen molar-refractivity contribution >= 4 is 12.1 Å². The largest absolute Gasteiger partial charge is 0.480 e. The molecule has 2 atom stereocenters. The van der Waals surface area contributed by atoms with Crippen molar-refractivity contribution in [1.29, 1.82) is 0 Å². The van der Waals surface area contributed by atoms with Gasteiger partial charge in [0.25, 0.3) is 0 Å². The summed E-state index contributed by atoms with van der Waals surface area (Å²) < 4.78 is 4.96. The summed E-state index contributed by atoms with van der Waals surface area (Å²) in [6, 6.07) is -1.40. The van der Waals surface area contributed by atoms with Gasteiger partial charge in [0.05, 0.1) is 6.10 Å². The molecule has 1 amide bonds. The van der Waals surface area contributed by atoms with E-state index < -0.39 is 35.2 Å². The fourth-order valence-corrected chi connectivity index (χ4v) is 1.21. The van der Waals surface area contributed by atoms with Crippen molar-refractivity contribution < 1.29 is 24.5 Å². The van der Waals surface area contributed by atoms with Crippen molar-refractivity contribution in [2.24, 2.45) is 5.41 Å². The number of carbonyl (C=O) groups is 2.